The van der Waals surface area contributed by atoms with E-state index in [1.54, 1.807) is 0 Å². The van der Waals surface area contributed by atoms with Gasteiger partial charge < -0.3 is 10.2 Å². The molecule has 0 spiro atoms. The van der Waals surface area contributed by atoms with Crippen molar-refractivity contribution in [3.05, 3.63) is 33.1 Å². The Morgan fingerprint density at radius 1 is 1.63 bits per heavy atom. The van der Waals surface area contributed by atoms with Crippen molar-refractivity contribution >= 4 is 23.0 Å². The van der Waals surface area contributed by atoms with E-state index in [1.807, 2.05) is 11.9 Å². The number of nitro benzene ring substituents is 1. The van der Waals surface area contributed by atoms with Crippen molar-refractivity contribution in [3.8, 4) is 0 Å². The first kappa shape index (κ1) is 14.0. The highest BCUT2D eigenvalue weighted by atomic mass is 35.5. The van der Waals surface area contributed by atoms with Gasteiger partial charge in [0.2, 0.25) is 0 Å². The summed E-state index contributed by atoms with van der Waals surface area (Å²) in [4.78, 5) is 12.4. The SMILES string of the molecule is CNCC1CCCN1c1cc(Cl)c(F)cc1[N+](=O)[O-]. The highest BCUT2D eigenvalue weighted by molar-refractivity contribution is 6.31. The van der Waals surface area contributed by atoms with Gasteiger partial charge in [0.1, 0.15) is 11.5 Å². The predicted octanol–water partition coefficient (Wildman–Crippen LogP) is 2.58. The summed E-state index contributed by atoms with van der Waals surface area (Å²) < 4.78 is 13.4. The van der Waals surface area contributed by atoms with Gasteiger partial charge in [-0.25, -0.2) is 4.39 Å². The van der Waals surface area contributed by atoms with E-state index in [9.17, 15) is 14.5 Å². The van der Waals surface area contributed by atoms with Crippen molar-refractivity contribution in [1.82, 2.24) is 5.32 Å². The number of nitrogens with one attached hydrogen (secondary N) is 1. The smallest absolute Gasteiger partial charge is 0.295 e. The van der Waals surface area contributed by atoms with E-state index >= 15 is 0 Å². The molecule has 0 radical (unpaired) electrons. The van der Waals surface area contributed by atoms with E-state index in [1.165, 1.54) is 6.07 Å². The van der Waals surface area contributed by atoms with Crippen LogP contribution in [0.3, 0.4) is 0 Å². The van der Waals surface area contributed by atoms with Crippen molar-refractivity contribution in [2.45, 2.75) is 18.9 Å². The minimum absolute atomic E-state index is 0.0873. The Balaban J connectivity index is 2.42. The topological polar surface area (TPSA) is 58.4 Å². The standard InChI is InChI=1S/C12H15ClFN3O2/c1-15-7-8-3-2-4-16(8)11-5-9(13)10(14)6-12(11)17(18)19/h5-6,8,15H,2-4,7H2,1H3. The molecule has 5 nitrogen and oxygen atoms in total. The second-order valence-electron chi connectivity index (χ2n) is 4.56. The Morgan fingerprint density at radius 2 is 2.37 bits per heavy atom. The number of likely N-dealkylation sites (N-methyl/N-ethyl adjacent to an activating group) is 1. The molecule has 0 aliphatic carbocycles. The average molecular weight is 288 g/mol. The van der Waals surface area contributed by atoms with Gasteiger partial charge in [-0.15, -0.1) is 0 Å². The van der Waals surface area contributed by atoms with Crippen LogP contribution < -0.4 is 10.2 Å². The third-order valence-electron chi connectivity index (χ3n) is 3.34. The van der Waals surface area contributed by atoms with E-state index in [0.29, 0.717) is 5.69 Å². The maximum absolute atomic E-state index is 13.4. The molecular weight excluding hydrogens is 273 g/mol. The molecule has 19 heavy (non-hydrogen) atoms. The summed E-state index contributed by atoms with van der Waals surface area (Å²) in [5.74, 6) is -0.763. The summed E-state index contributed by atoms with van der Waals surface area (Å²) in [6, 6.07) is 2.42. The van der Waals surface area contributed by atoms with Crippen LogP contribution in [0, 0.1) is 15.9 Å². The van der Waals surface area contributed by atoms with Crippen LogP contribution in [-0.4, -0.2) is 31.1 Å². The van der Waals surface area contributed by atoms with Gasteiger partial charge in [0.05, 0.1) is 16.0 Å². The van der Waals surface area contributed by atoms with Gasteiger partial charge in [0.15, 0.2) is 0 Å². The molecule has 1 aliphatic heterocycles. The zero-order valence-electron chi connectivity index (χ0n) is 10.5. The molecule has 1 fully saturated rings. The number of nitro groups is 1. The van der Waals surface area contributed by atoms with Crippen LogP contribution in [0.1, 0.15) is 12.8 Å². The third-order valence-corrected chi connectivity index (χ3v) is 3.63. The van der Waals surface area contributed by atoms with Crippen LogP contribution in [0.2, 0.25) is 5.02 Å². The number of hydrogen-bond donors (Lipinski definition) is 1. The fraction of sp³-hybridized carbons (Fsp3) is 0.500. The lowest BCUT2D eigenvalue weighted by Gasteiger charge is -2.26. The zero-order valence-corrected chi connectivity index (χ0v) is 11.3. The Morgan fingerprint density at radius 3 is 3.00 bits per heavy atom. The summed E-state index contributed by atoms with van der Waals surface area (Å²) >= 11 is 5.75. The molecule has 7 heteroatoms. The van der Waals surface area contributed by atoms with Crippen LogP contribution in [0.4, 0.5) is 15.8 Å². The fourth-order valence-corrected chi connectivity index (χ4v) is 2.66. The number of rotatable bonds is 4. The van der Waals surface area contributed by atoms with Gasteiger partial charge >= 0.3 is 0 Å². The maximum Gasteiger partial charge on any atom is 0.295 e. The molecule has 1 N–H and O–H groups in total. The minimum Gasteiger partial charge on any atom is -0.362 e. The molecule has 0 aromatic heterocycles. The second kappa shape index (κ2) is 5.71. The van der Waals surface area contributed by atoms with Crippen LogP contribution in [0.15, 0.2) is 12.1 Å². The number of nitrogens with zero attached hydrogens (tertiary/aromatic N) is 2. The Bertz CT molecular complexity index is 498. The summed E-state index contributed by atoms with van der Waals surface area (Å²) in [5.41, 5.74) is 0.166. The highest BCUT2D eigenvalue weighted by Crippen LogP contribution is 2.36. The van der Waals surface area contributed by atoms with E-state index in [0.717, 1.165) is 32.0 Å². The summed E-state index contributed by atoms with van der Waals surface area (Å²) in [6.07, 6.45) is 1.91. The molecule has 1 aliphatic rings. The minimum atomic E-state index is -0.763. The third kappa shape index (κ3) is 2.79. The summed E-state index contributed by atoms with van der Waals surface area (Å²) in [7, 11) is 1.84. The van der Waals surface area contributed by atoms with E-state index in [2.05, 4.69) is 5.32 Å². The van der Waals surface area contributed by atoms with Gasteiger partial charge in [0, 0.05) is 19.1 Å². The monoisotopic (exact) mass is 287 g/mol. The molecule has 104 valence electrons. The normalized spacial score (nSPS) is 18.9. The van der Waals surface area contributed by atoms with Crippen molar-refractivity contribution in [3.63, 3.8) is 0 Å². The average Bonchev–Trinajstić information content (AvgIpc) is 2.80. The first-order chi connectivity index (χ1) is 9.04. The maximum atomic E-state index is 13.4. The van der Waals surface area contributed by atoms with Crippen molar-refractivity contribution < 1.29 is 9.31 Å². The van der Waals surface area contributed by atoms with Crippen molar-refractivity contribution in [2.75, 3.05) is 25.0 Å². The van der Waals surface area contributed by atoms with Crippen LogP contribution in [0.5, 0.6) is 0 Å². The molecule has 0 saturated carbocycles. The molecule has 1 saturated heterocycles. The van der Waals surface area contributed by atoms with Crippen molar-refractivity contribution in [1.29, 1.82) is 0 Å². The van der Waals surface area contributed by atoms with Crippen molar-refractivity contribution in [2.24, 2.45) is 0 Å². The molecule has 1 heterocycles. The van der Waals surface area contributed by atoms with Gasteiger partial charge in [0.25, 0.3) is 5.69 Å². The molecule has 1 atom stereocenters. The lowest BCUT2D eigenvalue weighted by molar-refractivity contribution is -0.384. The molecule has 1 unspecified atom stereocenters. The predicted molar refractivity (Wildman–Crippen MR) is 72.4 cm³/mol. The van der Waals surface area contributed by atoms with Gasteiger partial charge in [-0.3, -0.25) is 10.1 Å². The van der Waals surface area contributed by atoms with Gasteiger partial charge in [-0.05, 0) is 26.0 Å². The van der Waals surface area contributed by atoms with E-state index in [-0.39, 0.29) is 16.8 Å². The van der Waals surface area contributed by atoms with Gasteiger partial charge in [-0.1, -0.05) is 11.6 Å². The number of benzene rings is 1. The largest absolute Gasteiger partial charge is 0.362 e. The Labute approximate surface area is 115 Å². The molecule has 0 bridgehead atoms. The molecule has 2 rings (SSSR count). The number of anilines is 1. The zero-order chi connectivity index (χ0) is 14.0. The number of halogens is 2. The quantitative estimate of drug-likeness (QED) is 0.683. The molecule has 1 aromatic carbocycles. The van der Waals surface area contributed by atoms with Crippen LogP contribution in [0.25, 0.3) is 0 Å². The Hall–Kier alpha value is -1.40. The van der Waals surface area contributed by atoms with E-state index < -0.39 is 10.7 Å². The number of hydrogen-bond acceptors (Lipinski definition) is 4. The van der Waals surface area contributed by atoms with E-state index in [4.69, 9.17) is 11.6 Å². The van der Waals surface area contributed by atoms with Crippen LogP contribution in [-0.2, 0) is 0 Å². The second-order valence-corrected chi connectivity index (χ2v) is 4.97. The van der Waals surface area contributed by atoms with Crippen LogP contribution >= 0.6 is 11.6 Å². The molecule has 1 aromatic rings. The lowest BCUT2D eigenvalue weighted by Crippen LogP contribution is -2.37. The summed E-state index contributed by atoms with van der Waals surface area (Å²) in [5, 5.41) is 14.0. The molecule has 0 amide bonds. The fourth-order valence-electron chi connectivity index (χ4n) is 2.50. The lowest BCUT2D eigenvalue weighted by atomic mass is 10.2. The Kier molecular flexibility index (Phi) is 4.21. The highest BCUT2D eigenvalue weighted by Gasteiger charge is 2.30. The summed E-state index contributed by atoms with van der Waals surface area (Å²) in [6.45, 7) is 1.45. The first-order valence-corrected chi connectivity index (χ1v) is 6.47. The van der Waals surface area contributed by atoms with Gasteiger partial charge in [-0.2, -0.15) is 0 Å². The first-order valence-electron chi connectivity index (χ1n) is 6.09. The molecular formula is C12H15ClFN3O2.